The van der Waals surface area contributed by atoms with Gasteiger partial charge in [0.1, 0.15) is 0 Å². The molecule has 0 aromatic carbocycles. The van der Waals surface area contributed by atoms with Gasteiger partial charge in [-0.3, -0.25) is 0 Å². The molecule has 0 saturated carbocycles. The maximum absolute atomic E-state index is 5.87. The van der Waals surface area contributed by atoms with Crippen LogP contribution in [0.4, 0.5) is 5.95 Å². The molecule has 0 aliphatic rings. The second-order valence-corrected chi connectivity index (χ2v) is 4.20. The molecule has 0 bridgehead atoms. The SMILES string of the molecule is CSCCC(N)c1nc(N(C)C)no1. The van der Waals surface area contributed by atoms with Crippen molar-refractivity contribution in [3.63, 3.8) is 0 Å². The summed E-state index contributed by atoms with van der Waals surface area (Å²) in [7, 11) is 3.73. The Labute approximate surface area is 88.0 Å². The fourth-order valence-corrected chi connectivity index (χ4v) is 1.42. The molecule has 80 valence electrons. The third-order valence-electron chi connectivity index (χ3n) is 1.78. The highest BCUT2D eigenvalue weighted by molar-refractivity contribution is 7.98. The Hall–Kier alpha value is -0.750. The van der Waals surface area contributed by atoms with E-state index in [4.69, 9.17) is 10.3 Å². The number of hydrogen-bond donors (Lipinski definition) is 1. The fourth-order valence-electron chi connectivity index (χ4n) is 0.928. The van der Waals surface area contributed by atoms with Gasteiger partial charge >= 0.3 is 0 Å². The first-order valence-electron chi connectivity index (χ1n) is 4.40. The minimum absolute atomic E-state index is 0.149. The van der Waals surface area contributed by atoms with Crippen molar-refractivity contribution in [3.8, 4) is 0 Å². The highest BCUT2D eigenvalue weighted by atomic mass is 32.2. The van der Waals surface area contributed by atoms with Gasteiger partial charge in [-0.05, 0) is 23.6 Å². The first kappa shape index (κ1) is 11.3. The van der Waals surface area contributed by atoms with E-state index in [1.807, 2.05) is 20.4 Å². The van der Waals surface area contributed by atoms with E-state index in [-0.39, 0.29) is 6.04 Å². The zero-order chi connectivity index (χ0) is 10.6. The molecular formula is C8H16N4OS. The van der Waals surface area contributed by atoms with Crippen LogP contribution < -0.4 is 10.6 Å². The molecule has 2 N–H and O–H groups in total. The lowest BCUT2D eigenvalue weighted by atomic mass is 10.2. The van der Waals surface area contributed by atoms with Crippen molar-refractivity contribution in [1.29, 1.82) is 0 Å². The van der Waals surface area contributed by atoms with E-state index < -0.39 is 0 Å². The van der Waals surface area contributed by atoms with Crippen molar-refractivity contribution in [3.05, 3.63) is 5.89 Å². The number of nitrogens with zero attached hydrogens (tertiary/aromatic N) is 3. The third kappa shape index (κ3) is 2.88. The lowest BCUT2D eigenvalue weighted by Crippen LogP contribution is -2.13. The van der Waals surface area contributed by atoms with Crippen molar-refractivity contribution in [2.45, 2.75) is 12.5 Å². The molecule has 1 unspecified atom stereocenters. The predicted molar refractivity (Wildman–Crippen MR) is 58.6 cm³/mol. The van der Waals surface area contributed by atoms with Crippen LogP contribution in [-0.4, -0.2) is 36.2 Å². The van der Waals surface area contributed by atoms with Crippen LogP contribution in [0.2, 0.25) is 0 Å². The molecular weight excluding hydrogens is 200 g/mol. The summed E-state index contributed by atoms with van der Waals surface area (Å²) in [5.41, 5.74) is 5.87. The summed E-state index contributed by atoms with van der Waals surface area (Å²) in [4.78, 5) is 5.96. The van der Waals surface area contributed by atoms with Crippen molar-refractivity contribution < 1.29 is 4.52 Å². The molecule has 1 rings (SSSR count). The monoisotopic (exact) mass is 216 g/mol. The molecule has 0 aliphatic heterocycles. The molecule has 1 aromatic heterocycles. The van der Waals surface area contributed by atoms with Gasteiger partial charge in [-0.25, -0.2) is 0 Å². The van der Waals surface area contributed by atoms with Crippen LogP contribution in [-0.2, 0) is 0 Å². The van der Waals surface area contributed by atoms with Gasteiger partial charge in [-0.1, -0.05) is 0 Å². The Balaban J connectivity index is 2.57. The van der Waals surface area contributed by atoms with Crippen LogP contribution in [0.5, 0.6) is 0 Å². The summed E-state index contributed by atoms with van der Waals surface area (Å²) in [5.74, 6) is 2.09. The quantitative estimate of drug-likeness (QED) is 0.788. The molecule has 14 heavy (non-hydrogen) atoms. The standard InChI is InChI=1S/C8H16N4OS/c1-12(2)8-10-7(13-11-8)6(9)4-5-14-3/h6H,4-5,9H2,1-3H3. The van der Waals surface area contributed by atoms with E-state index in [2.05, 4.69) is 10.1 Å². The van der Waals surface area contributed by atoms with Crippen molar-refractivity contribution in [1.82, 2.24) is 10.1 Å². The molecule has 1 atom stereocenters. The van der Waals surface area contributed by atoms with Crippen LogP contribution in [0.15, 0.2) is 4.52 Å². The van der Waals surface area contributed by atoms with Crippen LogP contribution >= 0.6 is 11.8 Å². The van der Waals surface area contributed by atoms with Crippen molar-refractivity contribution in [2.75, 3.05) is 31.0 Å². The summed E-state index contributed by atoms with van der Waals surface area (Å²) >= 11 is 1.76. The van der Waals surface area contributed by atoms with Gasteiger partial charge in [0, 0.05) is 14.1 Å². The van der Waals surface area contributed by atoms with Crippen molar-refractivity contribution in [2.24, 2.45) is 5.73 Å². The highest BCUT2D eigenvalue weighted by Crippen LogP contribution is 2.16. The molecule has 0 amide bonds. The first-order chi connectivity index (χ1) is 6.65. The smallest absolute Gasteiger partial charge is 0.265 e. The number of anilines is 1. The molecule has 0 radical (unpaired) electrons. The lowest BCUT2D eigenvalue weighted by molar-refractivity contribution is 0.352. The summed E-state index contributed by atoms with van der Waals surface area (Å²) < 4.78 is 5.05. The largest absolute Gasteiger partial charge is 0.344 e. The molecule has 1 aromatic rings. The number of aromatic nitrogens is 2. The lowest BCUT2D eigenvalue weighted by Gasteiger charge is -2.05. The van der Waals surface area contributed by atoms with Gasteiger partial charge < -0.3 is 15.2 Å². The summed E-state index contributed by atoms with van der Waals surface area (Å²) in [6.45, 7) is 0. The molecule has 5 nitrogen and oxygen atoms in total. The van der Waals surface area contributed by atoms with Crippen LogP contribution in [0.3, 0.4) is 0 Å². The highest BCUT2D eigenvalue weighted by Gasteiger charge is 2.14. The third-order valence-corrected chi connectivity index (χ3v) is 2.43. The topological polar surface area (TPSA) is 68.2 Å². The first-order valence-corrected chi connectivity index (χ1v) is 5.80. The molecule has 0 fully saturated rings. The van der Waals surface area contributed by atoms with E-state index in [9.17, 15) is 0 Å². The molecule has 0 saturated heterocycles. The average Bonchev–Trinajstić information content (AvgIpc) is 2.62. The molecule has 0 spiro atoms. The zero-order valence-corrected chi connectivity index (χ0v) is 9.54. The van der Waals surface area contributed by atoms with E-state index in [1.165, 1.54) is 0 Å². The minimum atomic E-state index is -0.149. The van der Waals surface area contributed by atoms with E-state index in [0.717, 1.165) is 12.2 Å². The van der Waals surface area contributed by atoms with Gasteiger partial charge in [0.25, 0.3) is 5.95 Å². The van der Waals surface area contributed by atoms with E-state index >= 15 is 0 Å². The Morgan fingerprint density at radius 3 is 2.79 bits per heavy atom. The zero-order valence-electron chi connectivity index (χ0n) is 8.73. The van der Waals surface area contributed by atoms with E-state index in [0.29, 0.717) is 11.8 Å². The number of nitrogens with two attached hydrogens (primary N) is 1. The average molecular weight is 216 g/mol. The second-order valence-electron chi connectivity index (χ2n) is 3.22. The Bertz CT molecular complexity index is 276. The van der Waals surface area contributed by atoms with E-state index in [1.54, 1.807) is 16.7 Å². The van der Waals surface area contributed by atoms with Gasteiger partial charge in [0.2, 0.25) is 5.89 Å². The molecule has 0 aliphatic carbocycles. The van der Waals surface area contributed by atoms with Crippen LogP contribution in [0.25, 0.3) is 0 Å². The number of thioether (sulfide) groups is 1. The fraction of sp³-hybridized carbons (Fsp3) is 0.750. The molecule has 6 heteroatoms. The Morgan fingerprint density at radius 1 is 1.57 bits per heavy atom. The maximum Gasteiger partial charge on any atom is 0.265 e. The van der Waals surface area contributed by atoms with Gasteiger partial charge in [0.15, 0.2) is 0 Å². The predicted octanol–water partition coefficient (Wildman–Crippen LogP) is 0.888. The summed E-state index contributed by atoms with van der Waals surface area (Å²) in [6.07, 6.45) is 2.90. The van der Waals surface area contributed by atoms with Gasteiger partial charge in [0.05, 0.1) is 6.04 Å². The van der Waals surface area contributed by atoms with Crippen LogP contribution in [0, 0.1) is 0 Å². The second kappa shape index (κ2) is 5.21. The Morgan fingerprint density at radius 2 is 2.29 bits per heavy atom. The molecule has 1 heterocycles. The maximum atomic E-state index is 5.87. The minimum Gasteiger partial charge on any atom is -0.344 e. The number of rotatable bonds is 5. The van der Waals surface area contributed by atoms with Gasteiger partial charge in [-0.2, -0.15) is 16.7 Å². The summed E-state index contributed by atoms with van der Waals surface area (Å²) in [6, 6.07) is -0.149. The van der Waals surface area contributed by atoms with Crippen LogP contribution in [0.1, 0.15) is 18.4 Å². The number of hydrogen-bond acceptors (Lipinski definition) is 6. The van der Waals surface area contributed by atoms with Gasteiger partial charge in [-0.15, -0.1) is 0 Å². The normalized spacial score (nSPS) is 12.9. The summed E-state index contributed by atoms with van der Waals surface area (Å²) in [5, 5.41) is 3.80. The van der Waals surface area contributed by atoms with Crippen molar-refractivity contribution >= 4 is 17.7 Å². The Kier molecular flexibility index (Phi) is 4.21.